The minimum Gasteiger partial charge on any atom is -0.462 e. The van der Waals surface area contributed by atoms with Crippen molar-refractivity contribution in [1.29, 1.82) is 0 Å². The quantitative estimate of drug-likeness (QED) is 0.472. The number of nitrogens with zero attached hydrogens (tertiary/aromatic N) is 1. The van der Waals surface area contributed by atoms with Crippen molar-refractivity contribution < 1.29 is 9.53 Å². The second kappa shape index (κ2) is 7.81. The average Bonchev–Trinajstić information content (AvgIpc) is 2.61. The SMILES string of the molecule is CCC(C)C(=O)OC1CCC(c2ccnc3ccc(I)cc23)CC1. The van der Waals surface area contributed by atoms with Gasteiger partial charge in [-0.15, -0.1) is 0 Å². The summed E-state index contributed by atoms with van der Waals surface area (Å²) in [6.07, 6.45) is 6.92. The molecule has 1 aromatic carbocycles. The number of carbonyl (C=O) groups is 1. The highest BCUT2D eigenvalue weighted by atomic mass is 127. The van der Waals surface area contributed by atoms with Gasteiger partial charge >= 0.3 is 5.97 Å². The van der Waals surface area contributed by atoms with Crippen LogP contribution in [0.4, 0.5) is 0 Å². The van der Waals surface area contributed by atoms with Crippen LogP contribution in [0.15, 0.2) is 30.5 Å². The highest BCUT2D eigenvalue weighted by Gasteiger charge is 2.27. The molecule has 1 unspecified atom stereocenters. The number of benzene rings is 1. The van der Waals surface area contributed by atoms with Crippen LogP contribution in [0.3, 0.4) is 0 Å². The van der Waals surface area contributed by atoms with Gasteiger partial charge in [-0.25, -0.2) is 0 Å². The van der Waals surface area contributed by atoms with E-state index in [9.17, 15) is 4.79 Å². The first-order chi connectivity index (χ1) is 11.6. The van der Waals surface area contributed by atoms with Gasteiger partial charge in [0.15, 0.2) is 0 Å². The molecule has 1 saturated carbocycles. The lowest BCUT2D eigenvalue weighted by Gasteiger charge is -2.29. The number of hydrogen-bond acceptors (Lipinski definition) is 3. The third kappa shape index (κ3) is 3.90. The topological polar surface area (TPSA) is 39.2 Å². The van der Waals surface area contributed by atoms with Crippen LogP contribution in [0.2, 0.25) is 0 Å². The summed E-state index contributed by atoms with van der Waals surface area (Å²) in [6.45, 7) is 3.97. The molecule has 3 rings (SSSR count). The molecule has 0 radical (unpaired) electrons. The first kappa shape index (κ1) is 17.6. The van der Waals surface area contributed by atoms with Crippen LogP contribution < -0.4 is 0 Å². The van der Waals surface area contributed by atoms with Crippen LogP contribution in [0.5, 0.6) is 0 Å². The Labute approximate surface area is 157 Å². The number of carbonyl (C=O) groups excluding carboxylic acids is 1. The van der Waals surface area contributed by atoms with Gasteiger partial charge < -0.3 is 4.74 Å². The Morgan fingerprint density at radius 1 is 1.29 bits per heavy atom. The molecule has 1 aliphatic carbocycles. The fourth-order valence-electron chi connectivity index (χ4n) is 3.43. The fourth-order valence-corrected chi connectivity index (χ4v) is 3.93. The van der Waals surface area contributed by atoms with E-state index in [0.717, 1.165) is 37.6 Å². The van der Waals surface area contributed by atoms with Gasteiger partial charge in [-0.05, 0) is 90.4 Å². The molecule has 128 valence electrons. The molecule has 1 heterocycles. The first-order valence-electron chi connectivity index (χ1n) is 8.83. The summed E-state index contributed by atoms with van der Waals surface area (Å²) in [5.74, 6) is 0.506. The van der Waals surface area contributed by atoms with E-state index < -0.39 is 0 Å². The zero-order chi connectivity index (χ0) is 17.1. The molecular weight excluding hydrogens is 413 g/mol. The number of hydrogen-bond donors (Lipinski definition) is 0. The van der Waals surface area contributed by atoms with Crippen LogP contribution in [0.25, 0.3) is 10.9 Å². The monoisotopic (exact) mass is 437 g/mol. The summed E-state index contributed by atoms with van der Waals surface area (Å²) in [7, 11) is 0. The van der Waals surface area contributed by atoms with Crippen molar-refractivity contribution in [3.05, 3.63) is 39.6 Å². The average molecular weight is 437 g/mol. The third-order valence-corrected chi connectivity index (χ3v) is 5.82. The summed E-state index contributed by atoms with van der Waals surface area (Å²) in [5, 5.41) is 1.27. The molecule has 0 amide bonds. The molecule has 1 atom stereocenters. The maximum atomic E-state index is 12.0. The first-order valence-corrected chi connectivity index (χ1v) is 9.91. The molecular formula is C20H24INO2. The Kier molecular flexibility index (Phi) is 5.74. The molecule has 0 bridgehead atoms. The molecule has 2 aromatic rings. The number of halogens is 1. The number of ether oxygens (including phenoxy) is 1. The number of esters is 1. The van der Waals surface area contributed by atoms with E-state index in [0.29, 0.717) is 5.92 Å². The van der Waals surface area contributed by atoms with E-state index in [1.807, 2.05) is 20.0 Å². The van der Waals surface area contributed by atoms with Crippen LogP contribution >= 0.6 is 22.6 Å². The Morgan fingerprint density at radius 3 is 2.75 bits per heavy atom. The molecule has 4 heteroatoms. The number of pyridine rings is 1. The van der Waals surface area contributed by atoms with Crippen molar-refractivity contribution in [2.45, 2.75) is 58.0 Å². The molecule has 1 fully saturated rings. The van der Waals surface area contributed by atoms with Gasteiger partial charge in [0.1, 0.15) is 6.10 Å². The van der Waals surface area contributed by atoms with Gasteiger partial charge in [-0.2, -0.15) is 0 Å². The lowest BCUT2D eigenvalue weighted by molar-refractivity contribution is -0.155. The Hall–Kier alpha value is -1.17. The summed E-state index contributed by atoms with van der Waals surface area (Å²) in [6, 6.07) is 8.59. The second-order valence-electron chi connectivity index (χ2n) is 6.78. The minimum absolute atomic E-state index is 0.00828. The van der Waals surface area contributed by atoms with Crippen molar-refractivity contribution in [3.63, 3.8) is 0 Å². The minimum atomic E-state index is -0.0372. The van der Waals surface area contributed by atoms with Crippen molar-refractivity contribution in [2.24, 2.45) is 5.92 Å². The molecule has 1 aromatic heterocycles. The Bertz CT molecular complexity index is 723. The van der Waals surface area contributed by atoms with E-state index >= 15 is 0 Å². The predicted octanol–water partition coefficient (Wildman–Crippen LogP) is 5.45. The molecule has 1 aliphatic rings. The normalized spacial score (nSPS) is 22.3. The van der Waals surface area contributed by atoms with E-state index in [2.05, 4.69) is 51.8 Å². The summed E-state index contributed by atoms with van der Waals surface area (Å²) in [5.41, 5.74) is 2.46. The van der Waals surface area contributed by atoms with E-state index in [-0.39, 0.29) is 18.0 Å². The number of rotatable bonds is 4. The highest BCUT2D eigenvalue weighted by molar-refractivity contribution is 14.1. The van der Waals surface area contributed by atoms with Crippen molar-refractivity contribution in [3.8, 4) is 0 Å². The van der Waals surface area contributed by atoms with Gasteiger partial charge in [0.05, 0.1) is 11.4 Å². The predicted molar refractivity (Wildman–Crippen MR) is 105 cm³/mol. The lowest BCUT2D eigenvalue weighted by Crippen LogP contribution is -2.26. The van der Waals surface area contributed by atoms with E-state index in [1.165, 1.54) is 14.5 Å². The Morgan fingerprint density at radius 2 is 2.04 bits per heavy atom. The van der Waals surface area contributed by atoms with Crippen LogP contribution in [-0.2, 0) is 9.53 Å². The van der Waals surface area contributed by atoms with Crippen LogP contribution in [0.1, 0.15) is 57.4 Å². The molecule has 3 nitrogen and oxygen atoms in total. The molecule has 0 spiro atoms. The summed E-state index contributed by atoms with van der Waals surface area (Å²) >= 11 is 2.36. The number of fused-ring (bicyclic) bond motifs is 1. The van der Waals surface area contributed by atoms with Crippen molar-refractivity contribution in [2.75, 3.05) is 0 Å². The second-order valence-corrected chi connectivity index (χ2v) is 8.03. The van der Waals surface area contributed by atoms with Crippen molar-refractivity contribution >= 4 is 39.5 Å². The van der Waals surface area contributed by atoms with Crippen LogP contribution in [-0.4, -0.2) is 17.1 Å². The lowest BCUT2D eigenvalue weighted by atomic mass is 9.81. The molecule has 0 aliphatic heterocycles. The zero-order valence-corrected chi connectivity index (χ0v) is 16.5. The van der Waals surface area contributed by atoms with E-state index in [4.69, 9.17) is 4.74 Å². The van der Waals surface area contributed by atoms with Crippen molar-refractivity contribution in [1.82, 2.24) is 4.98 Å². The maximum absolute atomic E-state index is 12.0. The molecule has 24 heavy (non-hydrogen) atoms. The van der Waals surface area contributed by atoms with Gasteiger partial charge in [-0.1, -0.05) is 13.8 Å². The highest BCUT2D eigenvalue weighted by Crippen LogP contribution is 2.37. The molecule has 0 saturated heterocycles. The number of aromatic nitrogens is 1. The van der Waals surface area contributed by atoms with Crippen LogP contribution in [0, 0.1) is 9.49 Å². The Balaban J connectivity index is 1.69. The van der Waals surface area contributed by atoms with Gasteiger partial charge in [0.25, 0.3) is 0 Å². The fraction of sp³-hybridized carbons (Fsp3) is 0.500. The summed E-state index contributed by atoms with van der Waals surface area (Å²) < 4.78 is 6.92. The zero-order valence-electron chi connectivity index (χ0n) is 14.3. The molecule has 0 N–H and O–H groups in total. The standard InChI is InChI=1S/C20H24INO2/c1-3-13(2)20(23)24-16-7-4-14(5-8-16)17-10-11-22-19-9-6-15(21)12-18(17)19/h6,9-14,16H,3-5,7-8H2,1-2H3. The van der Waals surface area contributed by atoms with Gasteiger partial charge in [-0.3, -0.25) is 9.78 Å². The largest absolute Gasteiger partial charge is 0.462 e. The smallest absolute Gasteiger partial charge is 0.308 e. The van der Waals surface area contributed by atoms with Gasteiger partial charge in [0.2, 0.25) is 0 Å². The van der Waals surface area contributed by atoms with E-state index in [1.54, 1.807) is 0 Å². The summed E-state index contributed by atoms with van der Waals surface area (Å²) in [4.78, 5) is 16.5. The maximum Gasteiger partial charge on any atom is 0.308 e. The third-order valence-electron chi connectivity index (χ3n) is 5.15. The van der Waals surface area contributed by atoms with Gasteiger partial charge in [0, 0.05) is 15.2 Å².